The summed E-state index contributed by atoms with van der Waals surface area (Å²) < 4.78 is 17.0. The maximum Gasteiger partial charge on any atom is 0.306 e. The fraction of sp³-hybridized carbons (Fsp3) is 0.800. The number of rotatable bonds is 65. The molecule has 6 nitrogen and oxygen atoms in total. The van der Waals surface area contributed by atoms with Gasteiger partial charge >= 0.3 is 17.9 Å². The first-order chi connectivity index (χ1) is 40.0. The summed E-state index contributed by atoms with van der Waals surface area (Å²) in [5.74, 6) is -0.853. The molecule has 0 aliphatic heterocycles. The van der Waals surface area contributed by atoms with Crippen LogP contribution in [0.2, 0.25) is 0 Å². The number of carbonyl (C=O) groups is 3. The molecule has 0 amide bonds. The van der Waals surface area contributed by atoms with E-state index in [4.69, 9.17) is 14.2 Å². The highest BCUT2D eigenvalue weighted by Crippen LogP contribution is 2.18. The fourth-order valence-electron chi connectivity index (χ4n) is 10.4. The molecule has 0 aromatic heterocycles. The first-order valence-electron chi connectivity index (χ1n) is 35.4. The van der Waals surface area contributed by atoms with Crippen LogP contribution in [0.1, 0.15) is 367 Å². The number of unbranched alkanes of at least 4 members (excludes halogenated alkanes) is 42. The minimum atomic E-state index is -0.776. The van der Waals surface area contributed by atoms with Gasteiger partial charge in [-0.1, -0.05) is 331 Å². The summed E-state index contributed by atoms with van der Waals surface area (Å²) in [6.45, 7) is 6.57. The molecule has 1 atom stereocenters. The molecule has 0 heterocycles. The molecule has 0 N–H and O–H groups in total. The lowest BCUT2D eigenvalue weighted by Gasteiger charge is -2.18. The zero-order chi connectivity index (χ0) is 58.5. The summed E-state index contributed by atoms with van der Waals surface area (Å²) in [5.41, 5.74) is 0. The molecule has 0 spiro atoms. The minimum Gasteiger partial charge on any atom is -0.462 e. The summed E-state index contributed by atoms with van der Waals surface area (Å²) in [5, 5.41) is 0. The fourth-order valence-corrected chi connectivity index (χ4v) is 10.4. The average molecular weight is 1130 g/mol. The van der Waals surface area contributed by atoms with Crippen LogP contribution in [0.15, 0.2) is 72.9 Å². The Bertz CT molecular complexity index is 1490. The van der Waals surface area contributed by atoms with E-state index in [1.165, 1.54) is 238 Å². The number of ether oxygens (including phenoxy) is 3. The molecule has 470 valence electrons. The van der Waals surface area contributed by atoms with Crippen molar-refractivity contribution in [2.24, 2.45) is 0 Å². The molecule has 81 heavy (non-hydrogen) atoms. The zero-order valence-electron chi connectivity index (χ0n) is 54.1. The molecule has 0 fully saturated rings. The lowest BCUT2D eigenvalue weighted by atomic mass is 10.0. The van der Waals surface area contributed by atoms with Crippen LogP contribution < -0.4 is 0 Å². The summed E-state index contributed by atoms with van der Waals surface area (Å²) in [7, 11) is 0. The van der Waals surface area contributed by atoms with Crippen LogP contribution in [0, 0.1) is 0 Å². The van der Waals surface area contributed by atoms with Crippen LogP contribution in [0.4, 0.5) is 0 Å². The van der Waals surface area contributed by atoms with Crippen molar-refractivity contribution in [1.82, 2.24) is 0 Å². The van der Waals surface area contributed by atoms with Crippen molar-refractivity contribution < 1.29 is 28.6 Å². The highest BCUT2D eigenvalue weighted by Gasteiger charge is 2.19. The van der Waals surface area contributed by atoms with E-state index in [0.29, 0.717) is 19.3 Å². The molecule has 1 unspecified atom stereocenters. The van der Waals surface area contributed by atoms with E-state index < -0.39 is 6.10 Å². The lowest BCUT2D eigenvalue weighted by molar-refractivity contribution is -0.167. The Morgan fingerprint density at radius 1 is 0.259 bits per heavy atom. The highest BCUT2D eigenvalue weighted by atomic mass is 16.6. The number of hydrogen-bond donors (Lipinski definition) is 0. The third-order valence-corrected chi connectivity index (χ3v) is 15.7. The van der Waals surface area contributed by atoms with Gasteiger partial charge in [-0.3, -0.25) is 14.4 Å². The van der Waals surface area contributed by atoms with E-state index >= 15 is 0 Å². The van der Waals surface area contributed by atoms with E-state index in [2.05, 4.69) is 93.7 Å². The Morgan fingerprint density at radius 2 is 0.481 bits per heavy atom. The van der Waals surface area contributed by atoms with Crippen LogP contribution in [-0.2, 0) is 28.6 Å². The van der Waals surface area contributed by atoms with Crippen LogP contribution in [-0.4, -0.2) is 37.2 Å². The second kappa shape index (κ2) is 69.3. The Balaban J connectivity index is 4.23. The summed E-state index contributed by atoms with van der Waals surface area (Å²) in [6, 6.07) is 0. The topological polar surface area (TPSA) is 78.9 Å². The third-order valence-electron chi connectivity index (χ3n) is 15.7. The molecule has 0 aromatic rings. The maximum atomic E-state index is 12.9. The van der Waals surface area contributed by atoms with Crippen molar-refractivity contribution in [3.63, 3.8) is 0 Å². The van der Waals surface area contributed by atoms with E-state index in [1.807, 2.05) is 0 Å². The maximum absolute atomic E-state index is 12.9. The second-order valence-electron chi connectivity index (χ2n) is 23.8. The summed E-state index contributed by atoms with van der Waals surface area (Å²) >= 11 is 0. The molecule has 0 saturated carbocycles. The molecule has 0 rings (SSSR count). The van der Waals surface area contributed by atoms with Gasteiger partial charge in [0, 0.05) is 19.3 Å². The Labute approximate surface area is 503 Å². The standard InChI is InChI=1S/C75H134O6/c1-4-7-10-13-16-19-22-25-27-29-31-33-34-35-36-37-38-39-40-42-43-45-47-50-53-56-59-62-65-68-74(77)80-71-72(70-79-73(76)67-64-61-58-55-52-49-24-21-18-15-12-9-6-3)81-75(78)69-66-63-60-57-54-51-48-46-44-41-32-30-28-26-23-20-17-14-11-8-5-2/h7,10,16,19,23,25-27,30-33,72H,4-6,8-9,11-15,17-18,20-22,24,28-29,34-71H2,1-3H3/b10-7-,19-16-,26-23-,27-25-,32-30-,33-31-. The van der Waals surface area contributed by atoms with Gasteiger partial charge in [-0.15, -0.1) is 0 Å². The molecular weight excluding hydrogens is 997 g/mol. The van der Waals surface area contributed by atoms with E-state index in [1.54, 1.807) is 0 Å². The van der Waals surface area contributed by atoms with Crippen molar-refractivity contribution in [3.8, 4) is 0 Å². The van der Waals surface area contributed by atoms with Gasteiger partial charge in [0.25, 0.3) is 0 Å². The SMILES string of the molecule is CC/C=C\C/C=C\C/C=C\C/C=C\CCCCCCCCCCCCCCCCCCC(=O)OCC(COC(=O)CCCCCCCCCCCCCCC)OC(=O)CCCCCCCCCCC/C=C\C/C=C\CCCCCCC. The normalized spacial score (nSPS) is 12.5. The van der Waals surface area contributed by atoms with Crippen molar-refractivity contribution in [3.05, 3.63) is 72.9 Å². The number of esters is 3. The lowest BCUT2D eigenvalue weighted by Crippen LogP contribution is -2.30. The highest BCUT2D eigenvalue weighted by molar-refractivity contribution is 5.71. The molecular formula is C75H134O6. The van der Waals surface area contributed by atoms with Gasteiger partial charge in [-0.2, -0.15) is 0 Å². The first-order valence-corrected chi connectivity index (χ1v) is 35.4. The molecule has 0 bridgehead atoms. The number of hydrogen-bond acceptors (Lipinski definition) is 6. The molecule has 0 radical (unpaired) electrons. The Morgan fingerprint density at radius 3 is 0.753 bits per heavy atom. The monoisotopic (exact) mass is 1130 g/mol. The zero-order valence-corrected chi connectivity index (χ0v) is 54.1. The molecule has 0 aliphatic rings. The van der Waals surface area contributed by atoms with Gasteiger partial charge < -0.3 is 14.2 Å². The van der Waals surface area contributed by atoms with Gasteiger partial charge in [0.15, 0.2) is 6.10 Å². The van der Waals surface area contributed by atoms with Gasteiger partial charge in [-0.25, -0.2) is 0 Å². The van der Waals surface area contributed by atoms with Crippen LogP contribution in [0.3, 0.4) is 0 Å². The predicted molar refractivity (Wildman–Crippen MR) is 353 cm³/mol. The van der Waals surface area contributed by atoms with E-state index in [-0.39, 0.29) is 31.1 Å². The van der Waals surface area contributed by atoms with Gasteiger partial charge in [0.05, 0.1) is 0 Å². The van der Waals surface area contributed by atoms with Crippen LogP contribution >= 0.6 is 0 Å². The van der Waals surface area contributed by atoms with E-state index in [9.17, 15) is 14.4 Å². The molecule has 6 heteroatoms. The average Bonchev–Trinajstić information content (AvgIpc) is 3.46. The molecule has 0 aromatic carbocycles. The van der Waals surface area contributed by atoms with Crippen molar-refractivity contribution in [2.75, 3.05) is 13.2 Å². The van der Waals surface area contributed by atoms with Gasteiger partial charge in [0.2, 0.25) is 0 Å². The third kappa shape index (κ3) is 67.5. The van der Waals surface area contributed by atoms with Gasteiger partial charge in [0.1, 0.15) is 13.2 Å². The quantitative estimate of drug-likeness (QED) is 0.0261. The molecule has 0 saturated heterocycles. The first kappa shape index (κ1) is 77.9. The second-order valence-corrected chi connectivity index (χ2v) is 23.8. The smallest absolute Gasteiger partial charge is 0.306 e. The van der Waals surface area contributed by atoms with Crippen LogP contribution in [0.25, 0.3) is 0 Å². The largest absolute Gasteiger partial charge is 0.462 e. The van der Waals surface area contributed by atoms with E-state index in [0.717, 1.165) is 89.9 Å². The van der Waals surface area contributed by atoms with Gasteiger partial charge in [-0.05, 0) is 89.9 Å². The summed E-state index contributed by atoms with van der Waals surface area (Å²) in [6.07, 6.45) is 90.7. The van der Waals surface area contributed by atoms with Crippen LogP contribution in [0.5, 0.6) is 0 Å². The number of allylic oxidation sites excluding steroid dienone is 12. The Kier molecular flexibility index (Phi) is 66.6. The van der Waals surface area contributed by atoms with Crippen molar-refractivity contribution in [2.45, 2.75) is 374 Å². The number of carbonyl (C=O) groups excluding carboxylic acids is 3. The predicted octanol–water partition coefficient (Wildman–Crippen LogP) is 24.4. The summed E-state index contributed by atoms with van der Waals surface area (Å²) in [4.78, 5) is 38.4. The molecule has 0 aliphatic carbocycles. The van der Waals surface area contributed by atoms with Crippen molar-refractivity contribution >= 4 is 17.9 Å². The minimum absolute atomic E-state index is 0.0716. The Hall–Kier alpha value is -3.15. The van der Waals surface area contributed by atoms with Crippen molar-refractivity contribution in [1.29, 1.82) is 0 Å².